The Kier molecular flexibility index (Phi) is 5.25. The van der Waals surface area contributed by atoms with E-state index in [9.17, 15) is 4.79 Å². The van der Waals surface area contributed by atoms with Crippen molar-refractivity contribution >= 4 is 17.5 Å². The molecule has 2 fully saturated rings. The van der Waals surface area contributed by atoms with Crippen LogP contribution in [0.1, 0.15) is 31.2 Å². The third-order valence-corrected chi connectivity index (χ3v) is 5.68. The van der Waals surface area contributed by atoms with Crippen molar-refractivity contribution in [2.24, 2.45) is 0 Å². The monoisotopic (exact) mass is 381 g/mol. The molecule has 6 nitrogen and oxygen atoms in total. The molecule has 1 atom stereocenters. The van der Waals surface area contributed by atoms with Crippen LogP contribution in [0.4, 0.5) is 0 Å². The lowest BCUT2D eigenvalue weighted by atomic mass is 9.84. The number of fused-ring (bicyclic) bond motifs is 1. The van der Waals surface area contributed by atoms with Gasteiger partial charge < -0.3 is 24.3 Å². The first-order chi connectivity index (χ1) is 12.6. The number of carbonyl (C=O) groups is 1. The Labute approximate surface area is 158 Å². The maximum absolute atomic E-state index is 12.6. The van der Waals surface area contributed by atoms with Gasteiger partial charge in [-0.25, -0.2) is 0 Å². The van der Waals surface area contributed by atoms with Crippen molar-refractivity contribution in [2.45, 2.75) is 43.7 Å². The van der Waals surface area contributed by atoms with Crippen LogP contribution in [0.25, 0.3) is 0 Å². The van der Waals surface area contributed by atoms with Crippen LogP contribution >= 0.6 is 11.6 Å². The van der Waals surface area contributed by atoms with Crippen molar-refractivity contribution in [3.05, 3.63) is 22.7 Å². The van der Waals surface area contributed by atoms with Crippen LogP contribution in [-0.2, 0) is 20.7 Å². The summed E-state index contributed by atoms with van der Waals surface area (Å²) in [6.45, 7) is 3.16. The lowest BCUT2D eigenvalue weighted by molar-refractivity contribution is -0.143. The molecule has 1 aromatic carbocycles. The second-order valence-electron chi connectivity index (χ2n) is 7.17. The van der Waals surface area contributed by atoms with Crippen molar-refractivity contribution in [1.82, 2.24) is 5.32 Å². The second kappa shape index (κ2) is 7.62. The number of halogens is 1. The summed E-state index contributed by atoms with van der Waals surface area (Å²) in [6.07, 6.45) is 3.70. The quantitative estimate of drug-likeness (QED) is 0.871. The minimum atomic E-state index is -0.136. The van der Waals surface area contributed by atoms with Crippen molar-refractivity contribution in [3.8, 4) is 11.5 Å². The highest BCUT2D eigenvalue weighted by Gasteiger charge is 2.39. The molecule has 3 heterocycles. The van der Waals surface area contributed by atoms with E-state index in [1.54, 1.807) is 12.1 Å². The number of rotatable bonds is 3. The molecule has 26 heavy (non-hydrogen) atoms. The fourth-order valence-electron chi connectivity index (χ4n) is 3.94. The van der Waals surface area contributed by atoms with Gasteiger partial charge in [-0.3, -0.25) is 4.79 Å². The van der Waals surface area contributed by atoms with Gasteiger partial charge in [0.05, 0.1) is 12.0 Å². The largest absolute Gasteiger partial charge is 0.486 e. The van der Waals surface area contributed by atoms with Crippen LogP contribution in [-0.4, -0.2) is 50.6 Å². The summed E-state index contributed by atoms with van der Waals surface area (Å²) < 4.78 is 22.6. The van der Waals surface area contributed by atoms with Gasteiger partial charge in [0.2, 0.25) is 5.91 Å². The maximum atomic E-state index is 12.6. The van der Waals surface area contributed by atoms with Gasteiger partial charge in [-0.05, 0) is 37.3 Å². The molecule has 142 valence electrons. The highest BCUT2D eigenvalue weighted by molar-refractivity contribution is 6.31. The zero-order valence-electron chi connectivity index (χ0n) is 14.7. The molecule has 0 radical (unpaired) electrons. The fourth-order valence-corrected chi connectivity index (χ4v) is 4.16. The standard InChI is InChI=1S/C19H24ClNO5/c20-15-11-17-16(24-7-8-25-17)9-13(15)10-18(22)21-14-1-4-26-19(12-14)2-5-23-6-3-19/h9,11,14H,1-8,10,12H2,(H,21,22)/t14-/m0/s1. The molecule has 3 aliphatic heterocycles. The SMILES string of the molecule is O=C(Cc1cc2c(cc1Cl)OCCO2)N[C@H]1CCOC2(CCOCC2)C1. The van der Waals surface area contributed by atoms with Gasteiger partial charge >= 0.3 is 0 Å². The zero-order valence-corrected chi connectivity index (χ0v) is 15.5. The predicted molar refractivity (Wildman–Crippen MR) is 96.0 cm³/mol. The van der Waals surface area contributed by atoms with Gasteiger partial charge in [-0.1, -0.05) is 11.6 Å². The summed E-state index contributed by atoms with van der Waals surface area (Å²) >= 11 is 6.32. The molecule has 4 rings (SSSR count). The molecule has 1 amide bonds. The average molecular weight is 382 g/mol. The predicted octanol–water partition coefficient (Wildman–Crippen LogP) is 2.50. The molecule has 1 aromatic rings. The minimum Gasteiger partial charge on any atom is -0.486 e. The number of carbonyl (C=O) groups excluding carboxylic acids is 1. The average Bonchev–Trinajstić information content (AvgIpc) is 2.63. The third-order valence-electron chi connectivity index (χ3n) is 5.32. The molecule has 0 saturated carbocycles. The smallest absolute Gasteiger partial charge is 0.224 e. The van der Waals surface area contributed by atoms with E-state index in [2.05, 4.69) is 5.32 Å². The van der Waals surface area contributed by atoms with E-state index in [-0.39, 0.29) is 24.0 Å². The van der Waals surface area contributed by atoms with E-state index in [1.165, 1.54) is 0 Å². The van der Waals surface area contributed by atoms with E-state index in [4.69, 9.17) is 30.5 Å². The summed E-state index contributed by atoms with van der Waals surface area (Å²) in [5.41, 5.74) is 0.615. The molecule has 0 bridgehead atoms. The summed E-state index contributed by atoms with van der Waals surface area (Å²) in [7, 11) is 0. The van der Waals surface area contributed by atoms with Gasteiger partial charge in [0.1, 0.15) is 13.2 Å². The van der Waals surface area contributed by atoms with Crippen LogP contribution in [0.2, 0.25) is 5.02 Å². The summed E-state index contributed by atoms with van der Waals surface area (Å²) in [6, 6.07) is 3.66. The molecule has 0 aliphatic carbocycles. The zero-order chi connectivity index (χ0) is 18.0. The van der Waals surface area contributed by atoms with E-state index in [0.29, 0.717) is 36.3 Å². The van der Waals surface area contributed by atoms with Crippen LogP contribution < -0.4 is 14.8 Å². The fraction of sp³-hybridized carbons (Fsp3) is 0.632. The van der Waals surface area contributed by atoms with Crippen LogP contribution in [0.3, 0.4) is 0 Å². The van der Waals surface area contributed by atoms with Gasteiger partial charge in [0, 0.05) is 37.0 Å². The third kappa shape index (κ3) is 3.92. The van der Waals surface area contributed by atoms with Crippen molar-refractivity contribution < 1.29 is 23.7 Å². The molecule has 7 heteroatoms. The Morgan fingerprint density at radius 1 is 1.12 bits per heavy atom. The Balaban J connectivity index is 1.38. The van der Waals surface area contributed by atoms with Gasteiger partial charge in [-0.15, -0.1) is 0 Å². The lowest BCUT2D eigenvalue weighted by Gasteiger charge is -2.43. The van der Waals surface area contributed by atoms with Gasteiger partial charge in [-0.2, -0.15) is 0 Å². The minimum absolute atomic E-state index is 0.0299. The highest BCUT2D eigenvalue weighted by atomic mass is 35.5. The van der Waals surface area contributed by atoms with Crippen LogP contribution in [0, 0.1) is 0 Å². The molecule has 0 aromatic heterocycles. The number of hydrogen-bond donors (Lipinski definition) is 1. The molecule has 1 spiro atoms. The summed E-state index contributed by atoms with van der Waals surface area (Å²) in [4.78, 5) is 12.6. The van der Waals surface area contributed by atoms with Crippen LogP contribution in [0.15, 0.2) is 12.1 Å². The van der Waals surface area contributed by atoms with Crippen molar-refractivity contribution in [1.29, 1.82) is 0 Å². The molecular weight excluding hydrogens is 358 g/mol. The van der Waals surface area contributed by atoms with Crippen molar-refractivity contribution in [2.75, 3.05) is 33.0 Å². The number of amides is 1. The summed E-state index contributed by atoms with van der Waals surface area (Å²) in [5.74, 6) is 1.25. The first-order valence-corrected chi connectivity index (χ1v) is 9.60. The topological polar surface area (TPSA) is 66.0 Å². The summed E-state index contributed by atoms with van der Waals surface area (Å²) in [5, 5.41) is 3.68. The second-order valence-corrected chi connectivity index (χ2v) is 7.57. The molecular formula is C19H24ClNO5. The normalized spacial score (nSPS) is 24.3. The first kappa shape index (κ1) is 17.9. The van der Waals surface area contributed by atoms with E-state index in [0.717, 1.165) is 44.5 Å². The molecule has 0 unspecified atom stereocenters. The van der Waals surface area contributed by atoms with Gasteiger partial charge in [0.25, 0.3) is 0 Å². The number of nitrogens with one attached hydrogen (secondary N) is 1. The van der Waals surface area contributed by atoms with Crippen molar-refractivity contribution in [3.63, 3.8) is 0 Å². The Morgan fingerprint density at radius 3 is 2.62 bits per heavy atom. The highest BCUT2D eigenvalue weighted by Crippen LogP contribution is 2.36. The van der Waals surface area contributed by atoms with Gasteiger partial charge in [0.15, 0.2) is 11.5 Å². The van der Waals surface area contributed by atoms with Crippen LogP contribution in [0.5, 0.6) is 11.5 Å². The lowest BCUT2D eigenvalue weighted by Crippen LogP contribution is -2.51. The molecule has 3 aliphatic rings. The van der Waals surface area contributed by atoms with E-state index in [1.807, 2.05) is 0 Å². The maximum Gasteiger partial charge on any atom is 0.224 e. The number of ether oxygens (including phenoxy) is 4. The molecule has 1 N–H and O–H groups in total. The molecule has 2 saturated heterocycles. The Morgan fingerprint density at radius 2 is 1.85 bits per heavy atom. The Bertz CT molecular complexity index is 669. The van der Waals surface area contributed by atoms with E-state index >= 15 is 0 Å². The van der Waals surface area contributed by atoms with E-state index < -0.39 is 0 Å². The first-order valence-electron chi connectivity index (χ1n) is 9.23. The number of benzene rings is 1. The Hall–Kier alpha value is -1.50. The number of hydrogen-bond acceptors (Lipinski definition) is 5.